The van der Waals surface area contributed by atoms with Gasteiger partial charge < -0.3 is 14.6 Å². The number of carbonyl (C=O) groups is 1. The Morgan fingerprint density at radius 2 is 1.89 bits per heavy atom. The first-order chi connectivity index (χ1) is 12.8. The van der Waals surface area contributed by atoms with E-state index in [1.54, 1.807) is 7.05 Å². The second-order valence-corrected chi connectivity index (χ2v) is 7.99. The summed E-state index contributed by atoms with van der Waals surface area (Å²) < 4.78 is 3.58. The smallest absolute Gasteiger partial charge is 0.332 e. The summed E-state index contributed by atoms with van der Waals surface area (Å²) in [6, 6.07) is 7.89. The molecule has 0 N–H and O–H groups in total. The molecule has 1 aliphatic heterocycles. The van der Waals surface area contributed by atoms with Crippen LogP contribution >= 0.6 is 15.9 Å². The molecule has 3 rings (SSSR count). The highest BCUT2D eigenvalue weighted by atomic mass is 79.9. The molecule has 8 heteroatoms. The van der Waals surface area contributed by atoms with Crippen molar-refractivity contribution < 1.29 is 4.79 Å². The van der Waals surface area contributed by atoms with Gasteiger partial charge >= 0.3 is 5.69 Å². The molecule has 0 amide bonds. The molecular weight excluding hydrogens is 412 g/mol. The van der Waals surface area contributed by atoms with Gasteiger partial charge in [0.25, 0.3) is 5.56 Å². The molecule has 2 unspecified atom stereocenters. The summed E-state index contributed by atoms with van der Waals surface area (Å²) in [5, 5.41) is 0. The van der Waals surface area contributed by atoms with E-state index < -0.39 is 0 Å². The zero-order valence-electron chi connectivity index (χ0n) is 15.8. The molecule has 7 nitrogen and oxygen atoms in total. The Kier molecular flexibility index (Phi) is 5.28. The molecule has 1 aromatic carbocycles. The number of carbonyl (C=O) groups excluding carboxylic acids is 1. The molecule has 0 radical (unpaired) electrons. The standard InChI is InChI=1S/C19H23BrN4O3/c1-12(11-25)8-15-21(2)17-16(18(26)23(4)19(27)22(17)3)24(15)10-13-6-5-7-14(20)9-13/h5-7,9,11-12,15H,8,10H2,1-4H3. The Balaban J connectivity index is 2.16. The van der Waals surface area contributed by atoms with Crippen molar-refractivity contribution in [3.05, 3.63) is 55.1 Å². The molecular formula is C19H23BrN4O3. The third-order valence-electron chi connectivity index (χ3n) is 5.10. The van der Waals surface area contributed by atoms with Crippen LogP contribution in [0.3, 0.4) is 0 Å². The molecule has 144 valence electrons. The van der Waals surface area contributed by atoms with Crippen LogP contribution in [0, 0.1) is 5.92 Å². The first-order valence-corrected chi connectivity index (χ1v) is 9.54. The van der Waals surface area contributed by atoms with Crippen molar-refractivity contribution in [2.45, 2.75) is 26.1 Å². The number of halogens is 1. The van der Waals surface area contributed by atoms with Gasteiger partial charge in [-0.1, -0.05) is 35.0 Å². The summed E-state index contributed by atoms with van der Waals surface area (Å²) in [4.78, 5) is 40.5. The molecule has 0 saturated carbocycles. The summed E-state index contributed by atoms with van der Waals surface area (Å²) in [5.74, 6) is 0.416. The zero-order valence-corrected chi connectivity index (χ0v) is 17.4. The first-order valence-electron chi connectivity index (χ1n) is 8.75. The minimum absolute atomic E-state index is 0.169. The van der Waals surface area contributed by atoms with E-state index in [1.165, 1.54) is 11.6 Å². The molecule has 0 saturated heterocycles. The van der Waals surface area contributed by atoms with Crippen LogP contribution in [0.4, 0.5) is 11.5 Å². The van der Waals surface area contributed by atoms with Crippen LogP contribution in [-0.2, 0) is 25.4 Å². The Morgan fingerprint density at radius 3 is 2.52 bits per heavy atom. The van der Waals surface area contributed by atoms with Crippen molar-refractivity contribution in [2.24, 2.45) is 20.0 Å². The summed E-state index contributed by atoms with van der Waals surface area (Å²) in [5.41, 5.74) is 0.837. The fourth-order valence-electron chi connectivity index (χ4n) is 3.66. The monoisotopic (exact) mass is 434 g/mol. The third-order valence-corrected chi connectivity index (χ3v) is 5.59. The molecule has 0 bridgehead atoms. The summed E-state index contributed by atoms with van der Waals surface area (Å²) in [6.07, 6.45) is 1.28. The highest BCUT2D eigenvalue weighted by Gasteiger charge is 2.39. The molecule has 1 aromatic heterocycles. The maximum Gasteiger partial charge on any atom is 0.332 e. The van der Waals surface area contributed by atoms with Gasteiger partial charge in [0.05, 0.1) is 0 Å². The topological polar surface area (TPSA) is 67.5 Å². The second-order valence-electron chi connectivity index (χ2n) is 7.08. The molecule has 2 heterocycles. The van der Waals surface area contributed by atoms with Gasteiger partial charge in [-0.15, -0.1) is 0 Å². The van der Waals surface area contributed by atoms with Crippen molar-refractivity contribution in [3.63, 3.8) is 0 Å². The van der Waals surface area contributed by atoms with E-state index in [-0.39, 0.29) is 23.3 Å². The van der Waals surface area contributed by atoms with Gasteiger partial charge in [0.2, 0.25) is 0 Å². The minimum atomic E-state index is -0.364. The molecule has 2 aromatic rings. The van der Waals surface area contributed by atoms with Gasteiger partial charge in [-0.25, -0.2) is 4.79 Å². The number of nitrogens with zero attached hydrogens (tertiary/aromatic N) is 4. The number of hydrogen-bond donors (Lipinski definition) is 0. The fourth-order valence-corrected chi connectivity index (χ4v) is 4.11. The van der Waals surface area contributed by atoms with Gasteiger partial charge in [0.1, 0.15) is 24.0 Å². The first kappa shape index (κ1) is 19.4. The van der Waals surface area contributed by atoms with Crippen molar-refractivity contribution in [1.82, 2.24) is 9.13 Å². The van der Waals surface area contributed by atoms with Gasteiger partial charge in [-0.3, -0.25) is 13.9 Å². The third kappa shape index (κ3) is 3.34. The van der Waals surface area contributed by atoms with Crippen molar-refractivity contribution in [3.8, 4) is 0 Å². The van der Waals surface area contributed by atoms with Crippen molar-refractivity contribution >= 4 is 33.7 Å². The van der Waals surface area contributed by atoms with E-state index in [9.17, 15) is 14.4 Å². The summed E-state index contributed by atoms with van der Waals surface area (Å²) in [6.45, 7) is 2.36. The fraction of sp³-hybridized carbons (Fsp3) is 0.421. The predicted octanol–water partition coefficient (Wildman–Crippen LogP) is 1.85. The Morgan fingerprint density at radius 1 is 1.19 bits per heavy atom. The molecule has 0 spiro atoms. The highest BCUT2D eigenvalue weighted by molar-refractivity contribution is 9.10. The maximum absolute atomic E-state index is 13.0. The van der Waals surface area contributed by atoms with Crippen LogP contribution in [0.5, 0.6) is 0 Å². The number of fused-ring (bicyclic) bond motifs is 1. The zero-order chi connectivity index (χ0) is 19.9. The van der Waals surface area contributed by atoms with Gasteiger partial charge in [-0.2, -0.15) is 0 Å². The van der Waals surface area contributed by atoms with E-state index in [2.05, 4.69) is 15.9 Å². The number of hydrogen-bond acceptors (Lipinski definition) is 5. The predicted molar refractivity (Wildman–Crippen MR) is 109 cm³/mol. The normalized spacial score (nSPS) is 17.1. The van der Waals surface area contributed by atoms with E-state index in [1.807, 2.05) is 48.0 Å². The molecule has 27 heavy (non-hydrogen) atoms. The summed E-state index contributed by atoms with van der Waals surface area (Å²) in [7, 11) is 5.02. The molecule has 2 atom stereocenters. The highest BCUT2D eigenvalue weighted by Crippen LogP contribution is 2.38. The Hall–Kier alpha value is -2.35. The van der Waals surface area contributed by atoms with Crippen molar-refractivity contribution in [2.75, 3.05) is 16.8 Å². The second kappa shape index (κ2) is 7.34. The van der Waals surface area contributed by atoms with Crippen molar-refractivity contribution in [1.29, 1.82) is 0 Å². The minimum Gasteiger partial charge on any atom is -0.339 e. The van der Waals surface area contributed by atoms with Gasteiger partial charge in [0.15, 0.2) is 0 Å². The lowest BCUT2D eigenvalue weighted by molar-refractivity contribution is -0.110. The van der Waals surface area contributed by atoms with Crippen LogP contribution in [-0.4, -0.2) is 28.6 Å². The lowest BCUT2D eigenvalue weighted by atomic mass is 10.1. The van der Waals surface area contributed by atoms with E-state index in [0.717, 1.165) is 20.9 Å². The molecule has 0 fully saturated rings. The number of aromatic nitrogens is 2. The van der Waals surface area contributed by atoms with Crippen LogP contribution in [0.15, 0.2) is 38.3 Å². The van der Waals surface area contributed by atoms with Crippen LogP contribution in [0.1, 0.15) is 18.9 Å². The molecule has 0 aliphatic carbocycles. The number of aldehydes is 1. The van der Waals surface area contributed by atoms with Gasteiger partial charge in [-0.05, 0) is 24.1 Å². The number of benzene rings is 1. The van der Waals surface area contributed by atoms with E-state index in [0.29, 0.717) is 24.5 Å². The average Bonchev–Trinajstić information content (AvgIpc) is 2.90. The number of rotatable bonds is 5. The van der Waals surface area contributed by atoms with Crippen LogP contribution in [0.25, 0.3) is 0 Å². The largest absolute Gasteiger partial charge is 0.339 e. The summed E-state index contributed by atoms with van der Waals surface area (Å²) >= 11 is 3.48. The lowest BCUT2D eigenvalue weighted by Gasteiger charge is -2.31. The average molecular weight is 435 g/mol. The van der Waals surface area contributed by atoms with E-state index >= 15 is 0 Å². The van der Waals surface area contributed by atoms with Gasteiger partial charge in [0, 0.05) is 38.1 Å². The number of anilines is 2. The SMILES string of the molecule is CC(C=O)CC1N(C)c2c(c(=O)n(C)c(=O)n2C)N1Cc1cccc(Br)c1. The quantitative estimate of drug-likeness (QED) is 0.671. The Labute approximate surface area is 165 Å². The van der Waals surface area contributed by atoms with Crippen LogP contribution < -0.4 is 21.0 Å². The lowest BCUT2D eigenvalue weighted by Crippen LogP contribution is -2.43. The van der Waals surface area contributed by atoms with Crippen LogP contribution in [0.2, 0.25) is 0 Å². The maximum atomic E-state index is 13.0. The molecule has 1 aliphatic rings. The van der Waals surface area contributed by atoms with E-state index in [4.69, 9.17) is 0 Å². The Bertz CT molecular complexity index is 997.